The number of hydrogen-bond acceptors (Lipinski definition) is 2. The second-order valence-electron chi connectivity index (χ2n) is 7.46. The van der Waals surface area contributed by atoms with E-state index >= 15 is 0 Å². The lowest BCUT2D eigenvalue weighted by atomic mass is 10.0. The maximum Gasteiger partial charge on any atom is 0.317 e. The summed E-state index contributed by atoms with van der Waals surface area (Å²) < 4.78 is 0. The van der Waals surface area contributed by atoms with E-state index in [1.54, 1.807) is 0 Å². The number of amides is 2. The molecule has 2 aromatic carbocycles. The van der Waals surface area contributed by atoms with Gasteiger partial charge in [0.1, 0.15) is 0 Å². The zero-order valence-corrected chi connectivity index (χ0v) is 16.3. The average molecular weight is 366 g/mol. The van der Waals surface area contributed by atoms with Gasteiger partial charge in [-0.15, -0.1) is 0 Å². The molecule has 1 fully saturated rings. The van der Waals surface area contributed by atoms with Gasteiger partial charge in [0.05, 0.1) is 0 Å². The van der Waals surface area contributed by atoms with Gasteiger partial charge < -0.3 is 15.1 Å². The highest BCUT2D eigenvalue weighted by Crippen LogP contribution is 2.17. The van der Waals surface area contributed by atoms with Crippen molar-refractivity contribution < 1.29 is 4.79 Å². The van der Waals surface area contributed by atoms with Crippen LogP contribution in [0.2, 0.25) is 0 Å². The SMILES string of the molecule is CN1CCC(N(CCCc2ccccc2)C(=O)NCc2ccccc2)CC1. The van der Waals surface area contributed by atoms with Crippen LogP contribution in [-0.4, -0.2) is 48.6 Å². The van der Waals surface area contributed by atoms with Gasteiger partial charge >= 0.3 is 6.03 Å². The molecule has 1 aliphatic rings. The van der Waals surface area contributed by atoms with Gasteiger partial charge in [-0.25, -0.2) is 4.79 Å². The summed E-state index contributed by atoms with van der Waals surface area (Å²) in [6, 6.07) is 21.1. The number of carbonyl (C=O) groups excluding carboxylic acids is 1. The van der Waals surface area contributed by atoms with E-state index in [0.29, 0.717) is 12.6 Å². The number of urea groups is 1. The largest absolute Gasteiger partial charge is 0.334 e. The Bertz CT molecular complexity index is 681. The van der Waals surface area contributed by atoms with E-state index in [-0.39, 0.29) is 6.03 Å². The number of hydrogen-bond donors (Lipinski definition) is 1. The molecule has 0 saturated carbocycles. The summed E-state index contributed by atoms with van der Waals surface area (Å²) in [5.74, 6) is 0. The quantitative estimate of drug-likeness (QED) is 0.807. The van der Waals surface area contributed by atoms with Crippen LogP contribution in [0.15, 0.2) is 60.7 Å². The number of benzene rings is 2. The van der Waals surface area contributed by atoms with Gasteiger partial charge in [0, 0.05) is 19.1 Å². The zero-order valence-electron chi connectivity index (χ0n) is 16.3. The van der Waals surface area contributed by atoms with Crippen LogP contribution in [0.4, 0.5) is 4.79 Å². The number of aryl methyl sites for hydroxylation is 1. The van der Waals surface area contributed by atoms with Gasteiger partial charge in [0.2, 0.25) is 0 Å². The van der Waals surface area contributed by atoms with E-state index in [0.717, 1.165) is 50.9 Å². The molecule has 0 unspecified atom stereocenters. The molecule has 4 nitrogen and oxygen atoms in total. The van der Waals surface area contributed by atoms with E-state index in [2.05, 4.69) is 58.6 Å². The first-order chi connectivity index (χ1) is 13.2. The molecule has 1 aliphatic heterocycles. The lowest BCUT2D eigenvalue weighted by Crippen LogP contribution is -2.50. The van der Waals surface area contributed by atoms with Crippen molar-refractivity contribution in [2.24, 2.45) is 0 Å². The molecular weight excluding hydrogens is 334 g/mol. The number of piperidine rings is 1. The molecule has 0 atom stereocenters. The van der Waals surface area contributed by atoms with Crippen LogP contribution in [0.5, 0.6) is 0 Å². The number of nitrogens with zero attached hydrogens (tertiary/aromatic N) is 2. The molecule has 0 aromatic heterocycles. The summed E-state index contributed by atoms with van der Waals surface area (Å²) in [5, 5.41) is 3.13. The molecule has 0 aliphatic carbocycles. The summed E-state index contributed by atoms with van der Waals surface area (Å²) in [6.07, 6.45) is 4.12. The smallest absolute Gasteiger partial charge is 0.317 e. The van der Waals surface area contributed by atoms with Gasteiger partial charge in [0.25, 0.3) is 0 Å². The lowest BCUT2D eigenvalue weighted by molar-refractivity contribution is 0.130. The predicted molar refractivity (Wildman–Crippen MR) is 111 cm³/mol. The average Bonchev–Trinajstić information content (AvgIpc) is 2.72. The van der Waals surface area contributed by atoms with Crippen molar-refractivity contribution in [3.8, 4) is 0 Å². The van der Waals surface area contributed by atoms with Crippen LogP contribution in [0.1, 0.15) is 30.4 Å². The first kappa shape index (κ1) is 19.4. The number of carbonyl (C=O) groups is 1. The Balaban J connectivity index is 1.57. The molecule has 0 bridgehead atoms. The van der Waals surface area contributed by atoms with Crippen LogP contribution in [0, 0.1) is 0 Å². The molecular formula is C23H31N3O. The van der Waals surface area contributed by atoms with Gasteiger partial charge in [-0.1, -0.05) is 60.7 Å². The second-order valence-corrected chi connectivity index (χ2v) is 7.46. The highest BCUT2D eigenvalue weighted by atomic mass is 16.2. The number of rotatable bonds is 7. The predicted octanol–water partition coefficient (Wildman–Crippen LogP) is 3.93. The zero-order chi connectivity index (χ0) is 18.9. The minimum atomic E-state index is 0.0708. The van der Waals surface area contributed by atoms with Crippen molar-refractivity contribution in [2.45, 2.75) is 38.3 Å². The van der Waals surface area contributed by atoms with E-state index < -0.39 is 0 Å². The Morgan fingerprint density at radius 1 is 1.00 bits per heavy atom. The van der Waals surface area contributed by atoms with Crippen molar-refractivity contribution in [2.75, 3.05) is 26.7 Å². The van der Waals surface area contributed by atoms with Crippen LogP contribution in [0.25, 0.3) is 0 Å². The summed E-state index contributed by atoms with van der Waals surface area (Å²) in [4.78, 5) is 17.4. The fourth-order valence-electron chi connectivity index (χ4n) is 3.73. The van der Waals surface area contributed by atoms with Crippen molar-refractivity contribution in [3.05, 3.63) is 71.8 Å². The van der Waals surface area contributed by atoms with Gasteiger partial charge in [-0.3, -0.25) is 0 Å². The fraction of sp³-hybridized carbons (Fsp3) is 0.435. The highest BCUT2D eigenvalue weighted by molar-refractivity contribution is 5.74. The Labute approximate surface area is 163 Å². The molecule has 3 rings (SSSR count). The fourth-order valence-corrected chi connectivity index (χ4v) is 3.73. The Morgan fingerprint density at radius 2 is 1.59 bits per heavy atom. The second kappa shape index (κ2) is 10.1. The summed E-state index contributed by atoms with van der Waals surface area (Å²) in [5.41, 5.74) is 2.48. The Kier molecular flexibility index (Phi) is 7.28. The Morgan fingerprint density at radius 3 is 2.22 bits per heavy atom. The van der Waals surface area contributed by atoms with Gasteiger partial charge in [0.15, 0.2) is 0 Å². The third kappa shape index (κ3) is 6.10. The van der Waals surface area contributed by atoms with Crippen LogP contribution < -0.4 is 5.32 Å². The highest BCUT2D eigenvalue weighted by Gasteiger charge is 2.26. The van der Waals surface area contributed by atoms with E-state index in [1.807, 2.05) is 24.3 Å². The van der Waals surface area contributed by atoms with Crippen molar-refractivity contribution in [3.63, 3.8) is 0 Å². The third-order valence-electron chi connectivity index (χ3n) is 5.38. The molecule has 1 heterocycles. The number of likely N-dealkylation sites (tertiary alicyclic amines) is 1. The molecule has 2 aromatic rings. The third-order valence-corrected chi connectivity index (χ3v) is 5.38. The van der Waals surface area contributed by atoms with Crippen molar-refractivity contribution in [1.82, 2.24) is 15.1 Å². The minimum absolute atomic E-state index is 0.0708. The van der Waals surface area contributed by atoms with Crippen LogP contribution >= 0.6 is 0 Å². The molecule has 27 heavy (non-hydrogen) atoms. The normalized spacial score (nSPS) is 15.4. The lowest BCUT2D eigenvalue weighted by Gasteiger charge is -2.37. The van der Waals surface area contributed by atoms with Crippen LogP contribution in [0.3, 0.4) is 0 Å². The monoisotopic (exact) mass is 365 g/mol. The summed E-state index contributed by atoms with van der Waals surface area (Å²) >= 11 is 0. The molecule has 144 valence electrons. The first-order valence-electron chi connectivity index (χ1n) is 10.0. The maximum absolute atomic E-state index is 12.9. The summed E-state index contributed by atoms with van der Waals surface area (Å²) in [7, 11) is 2.16. The molecule has 2 amide bonds. The minimum Gasteiger partial charge on any atom is -0.334 e. The Hall–Kier alpha value is -2.33. The van der Waals surface area contributed by atoms with E-state index in [4.69, 9.17) is 0 Å². The molecule has 0 spiro atoms. The van der Waals surface area contributed by atoms with Crippen molar-refractivity contribution >= 4 is 6.03 Å². The maximum atomic E-state index is 12.9. The molecule has 1 N–H and O–H groups in total. The van der Waals surface area contributed by atoms with Crippen molar-refractivity contribution in [1.29, 1.82) is 0 Å². The molecule has 1 saturated heterocycles. The topological polar surface area (TPSA) is 35.6 Å². The molecule has 0 radical (unpaired) electrons. The number of nitrogens with one attached hydrogen (secondary N) is 1. The van der Waals surface area contributed by atoms with E-state index in [1.165, 1.54) is 5.56 Å². The van der Waals surface area contributed by atoms with Gasteiger partial charge in [-0.2, -0.15) is 0 Å². The van der Waals surface area contributed by atoms with E-state index in [9.17, 15) is 4.79 Å². The summed E-state index contributed by atoms with van der Waals surface area (Å²) in [6.45, 7) is 3.52. The standard InChI is InChI=1S/C23H31N3O/c1-25-17-14-22(15-18-25)26(16-8-13-20-9-4-2-5-10-20)23(27)24-19-21-11-6-3-7-12-21/h2-7,9-12,22H,8,13-19H2,1H3,(H,24,27). The van der Waals surface area contributed by atoms with Gasteiger partial charge in [-0.05, 0) is 56.9 Å². The molecule has 4 heteroatoms. The first-order valence-corrected chi connectivity index (χ1v) is 10.0. The van der Waals surface area contributed by atoms with Crippen LogP contribution in [-0.2, 0) is 13.0 Å².